The molecule has 0 aliphatic heterocycles. The van der Waals surface area contributed by atoms with Crippen LogP contribution in [0.4, 0.5) is 0 Å². The van der Waals surface area contributed by atoms with Gasteiger partial charge in [-0.3, -0.25) is 10.1 Å². The zero-order chi connectivity index (χ0) is 19.1. The zero-order valence-corrected chi connectivity index (χ0v) is 14.9. The Morgan fingerprint density at radius 1 is 0.815 bits per heavy atom. The van der Waals surface area contributed by atoms with Gasteiger partial charge in [-0.05, 0) is 16.7 Å². The van der Waals surface area contributed by atoms with E-state index in [1.165, 1.54) is 0 Å². The maximum atomic E-state index is 11.7. The SMILES string of the molecule is NC(=O)C[C@H](C=O)NC(c1ccccc1)(c1ccccc1)c1ccccc1. The largest absolute Gasteiger partial charge is 0.370 e. The van der Waals surface area contributed by atoms with E-state index in [4.69, 9.17) is 5.73 Å². The Labute approximate surface area is 159 Å². The third-order valence-electron chi connectivity index (χ3n) is 4.61. The Balaban J connectivity index is 2.25. The number of carbonyl (C=O) groups is 2. The van der Waals surface area contributed by atoms with Gasteiger partial charge in [-0.2, -0.15) is 0 Å². The molecule has 27 heavy (non-hydrogen) atoms. The summed E-state index contributed by atoms with van der Waals surface area (Å²) in [5.74, 6) is -0.525. The van der Waals surface area contributed by atoms with Crippen LogP contribution in [0.5, 0.6) is 0 Å². The van der Waals surface area contributed by atoms with E-state index in [9.17, 15) is 9.59 Å². The molecule has 0 unspecified atom stereocenters. The molecule has 1 atom stereocenters. The summed E-state index contributed by atoms with van der Waals surface area (Å²) in [5, 5.41) is 3.43. The van der Waals surface area contributed by atoms with Crippen molar-refractivity contribution in [3.8, 4) is 0 Å². The van der Waals surface area contributed by atoms with Gasteiger partial charge in [-0.25, -0.2) is 0 Å². The number of nitrogens with two attached hydrogens (primary N) is 1. The molecule has 4 heteroatoms. The Hall–Kier alpha value is -3.24. The number of benzene rings is 3. The zero-order valence-electron chi connectivity index (χ0n) is 14.9. The van der Waals surface area contributed by atoms with E-state index in [2.05, 4.69) is 5.32 Å². The normalized spacial score (nSPS) is 12.3. The first-order chi connectivity index (χ1) is 13.2. The summed E-state index contributed by atoms with van der Waals surface area (Å²) in [6.45, 7) is 0. The molecule has 3 N–H and O–H groups in total. The van der Waals surface area contributed by atoms with Crippen molar-refractivity contribution in [2.45, 2.75) is 18.0 Å². The third-order valence-corrected chi connectivity index (χ3v) is 4.61. The molecule has 0 heterocycles. The number of hydrogen-bond donors (Lipinski definition) is 2. The van der Waals surface area contributed by atoms with Crippen molar-refractivity contribution < 1.29 is 9.59 Å². The average molecular weight is 358 g/mol. The maximum Gasteiger partial charge on any atom is 0.219 e. The van der Waals surface area contributed by atoms with Gasteiger partial charge in [0, 0.05) is 6.42 Å². The van der Waals surface area contributed by atoms with Crippen LogP contribution in [-0.2, 0) is 15.1 Å². The van der Waals surface area contributed by atoms with Crippen LogP contribution < -0.4 is 11.1 Å². The lowest BCUT2D eigenvalue weighted by atomic mass is 9.76. The molecule has 1 amide bonds. The lowest BCUT2D eigenvalue weighted by Crippen LogP contribution is -2.51. The van der Waals surface area contributed by atoms with Gasteiger partial charge in [0.1, 0.15) is 6.29 Å². The molecule has 4 nitrogen and oxygen atoms in total. The molecule has 0 saturated carbocycles. The van der Waals surface area contributed by atoms with Crippen LogP contribution in [0.25, 0.3) is 0 Å². The van der Waals surface area contributed by atoms with Gasteiger partial charge in [0.2, 0.25) is 5.91 Å². The van der Waals surface area contributed by atoms with E-state index in [1.807, 2.05) is 91.0 Å². The highest BCUT2D eigenvalue weighted by atomic mass is 16.1. The summed E-state index contributed by atoms with van der Waals surface area (Å²) in [6, 6.07) is 29.0. The van der Waals surface area contributed by atoms with Crippen molar-refractivity contribution >= 4 is 12.2 Å². The molecule has 3 aromatic carbocycles. The fraction of sp³-hybridized carbons (Fsp3) is 0.130. The number of nitrogens with one attached hydrogen (secondary N) is 1. The molecular weight excluding hydrogens is 336 g/mol. The molecule has 0 radical (unpaired) electrons. The first-order valence-electron chi connectivity index (χ1n) is 8.84. The van der Waals surface area contributed by atoms with Gasteiger partial charge in [-0.15, -0.1) is 0 Å². The molecule has 0 spiro atoms. The van der Waals surface area contributed by atoms with Crippen molar-refractivity contribution in [3.63, 3.8) is 0 Å². The Bertz CT molecular complexity index is 783. The minimum absolute atomic E-state index is 0.0717. The first-order valence-corrected chi connectivity index (χ1v) is 8.84. The van der Waals surface area contributed by atoms with Crippen molar-refractivity contribution in [2.24, 2.45) is 5.73 Å². The molecule has 3 rings (SSSR count). The molecular formula is C23H22N2O2. The number of primary amides is 1. The average Bonchev–Trinajstić information content (AvgIpc) is 2.73. The molecule has 136 valence electrons. The van der Waals surface area contributed by atoms with E-state index in [1.54, 1.807) is 0 Å². The lowest BCUT2D eigenvalue weighted by molar-refractivity contribution is -0.121. The Morgan fingerprint density at radius 2 is 1.19 bits per heavy atom. The summed E-state index contributed by atoms with van der Waals surface area (Å²) in [6.07, 6.45) is 0.673. The highest BCUT2D eigenvalue weighted by molar-refractivity contribution is 5.79. The number of amides is 1. The molecule has 0 aliphatic carbocycles. The van der Waals surface area contributed by atoms with Crippen LogP contribution >= 0.6 is 0 Å². The number of aldehydes is 1. The van der Waals surface area contributed by atoms with Crippen LogP contribution in [0.1, 0.15) is 23.1 Å². The molecule has 0 aliphatic rings. The number of carbonyl (C=O) groups excluding carboxylic acids is 2. The van der Waals surface area contributed by atoms with Gasteiger partial charge in [-0.1, -0.05) is 91.0 Å². The van der Waals surface area contributed by atoms with Gasteiger partial charge in [0.05, 0.1) is 11.6 Å². The van der Waals surface area contributed by atoms with Crippen molar-refractivity contribution in [1.29, 1.82) is 0 Å². The monoisotopic (exact) mass is 358 g/mol. The predicted molar refractivity (Wildman–Crippen MR) is 106 cm³/mol. The summed E-state index contributed by atoms with van der Waals surface area (Å²) >= 11 is 0. The van der Waals surface area contributed by atoms with E-state index in [-0.39, 0.29) is 6.42 Å². The van der Waals surface area contributed by atoms with Crippen LogP contribution in [0.15, 0.2) is 91.0 Å². The van der Waals surface area contributed by atoms with Crippen LogP contribution in [0, 0.1) is 0 Å². The van der Waals surface area contributed by atoms with E-state index >= 15 is 0 Å². The molecule has 0 bridgehead atoms. The van der Waals surface area contributed by atoms with E-state index in [0.29, 0.717) is 0 Å². The highest BCUT2D eigenvalue weighted by Gasteiger charge is 2.38. The van der Waals surface area contributed by atoms with E-state index < -0.39 is 17.5 Å². The van der Waals surface area contributed by atoms with Crippen LogP contribution in [0.3, 0.4) is 0 Å². The highest BCUT2D eigenvalue weighted by Crippen LogP contribution is 2.37. The topological polar surface area (TPSA) is 72.2 Å². The second-order valence-electron chi connectivity index (χ2n) is 6.41. The fourth-order valence-corrected chi connectivity index (χ4v) is 3.44. The van der Waals surface area contributed by atoms with Crippen molar-refractivity contribution in [1.82, 2.24) is 5.32 Å². The predicted octanol–water partition coefficient (Wildman–Crippen LogP) is 3.01. The van der Waals surface area contributed by atoms with Gasteiger partial charge in [0.25, 0.3) is 0 Å². The Kier molecular flexibility index (Phi) is 5.79. The second kappa shape index (κ2) is 8.43. The number of hydrogen-bond acceptors (Lipinski definition) is 3. The van der Waals surface area contributed by atoms with Crippen molar-refractivity contribution in [3.05, 3.63) is 108 Å². The second-order valence-corrected chi connectivity index (χ2v) is 6.41. The number of rotatable bonds is 8. The maximum absolute atomic E-state index is 11.7. The van der Waals surface area contributed by atoms with Crippen LogP contribution in [-0.4, -0.2) is 18.2 Å². The van der Waals surface area contributed by atoms with Gasteiger partial charge < -0.3 is 10.5 Å². The molecule has 0 saturated heterocycles. The Morgan fingerprint density at radius 3 is 1.48 bits per heavy atom. The molecule has 3 aromatic rings. The first kappa shape index (κ1) is 18.5. The standard InChI is InChI=1S/C23H22N2O2/c24-22(27)16-21(17-26)25-23(18-10-4-1-5-11-18,19-12-6-2-7-13-19)20-14-8-3-9-15-20/h1-15,17,21,25H,16H2,(H2,24,27)/t21-/m1/s1. The van der Waals surface area contributed by atoms with Gasteiger partial charge >= 0.3 is 0 Å². The summed E-state index contributed by atoms with van der Waals surface area (Å²) < 4.78 is 0. The quantitative estimate of drug-likeness (QED) is 0.480. The fourth-order valence-electron chi connectivity index (χ4n) is 3.44. The summed E-state index contributed by atoms with van der Waals surface area (Å²) in [7, 11) is 0. The van der Waals surface area contributed by atoms with Crippen molar-refractivity contribution in [2.75, 3.05) is 0 Å². The lowest BCUT2D eigenvalue weighted by Gasteiger charge is -2.39. The summed E-state index contributed by atoms with van der Waals surface area (Å²) in [4.78, 5) is 23.2. The molecule has 0 fully saturated rings. The molecule has 0 aromatic heterocycles. The van der Waals surface area contributed by atoms with E-state index in [0.717, 1.165) is 23.0 Å². The van der Waals surface area contributed by atoms with Gasteiger partial charge in [0.15, 0.2) is 0 Å². The third kappa shape index (κ3) is 3.96. The minimum Gasteiger partial charge on any atom is -0.370 e. The minimum atomic E-state index is -0.801. The summed E-state index contributed by atoms with van der Waals surface area (Å²) in [5.41, 5.74) is 7.48. The van der Waals surface area contributed by atoms with Crippen LogP contribution in [0.2, 0.25) is 0 Å². The smallest absolute Gasteiger partial charge is 0.219 e.